The molecule has 0 aliphatic rings. The summed E-state index contributed by atoms with van der Waals surface area (Å²) in [4.78, 5) is 37.6. The molecule has 0 spiro atoms. The molecule has 9 nitrogen and oxygen atoms in total. The molecule has 0 saturated carbocycles. The van der Waals surface area contributed by atoms with Gasteiger partial charge in [0.15, 0.2) is 6.10 Å². The molecule has 0 aliphatic carbocycles. The number of unbranched alkanes of at least 4 members (excludes halogenated alkanes) is 16. The van der Waals surface area contributed by atoms with E-state index >= 15 is 0 Å². The number of nitrogens with zero attached hydrogens (tertiary/aromatic N) is 1. The van der Waals surface area contributed by atoms with Gasteiger partial charge in [-0.2, -0.15) is 0 Å². The average molecular weight is 862 g/mol. The smallest absolute Gasteiger partial charge is 0.306 e. The molecule has 0 fully saturated rings. The summed E-state index contributed by atoms with van der Waals surface area (Å²) in [6.45, 7) is 4.05. The highest BCUT2D eigenvalue weighted by Gasteiger charge is 2.21. The van der Waals surface area contributed by atoms with Crippen molar-refractivity contribution in [2.45, 2.75) is 187 Å². The van der Waals surface area contributed by atoms with Crippen molar-refractivity contribution in [1.29, 1.82) is 0 Å². The Morgan fingerprint density at radius 2 is 0.950 bits per heavy atom. The van der Waals surface area contributed by atoms with E-state index in [-0.39, 0.29) is 26.1 Å². The largest absolute Gasteiger partial charge is 0.756 e. The van der Waals surface area contributed by atoms with Crippen LogP contribution in [0, 0.1) is 0 Å². The molecule has 0 rings (SSSR count). The Balaban J connectivity index is 4.36. The lowest BCUT2D eigenvalue weighted by atomic mass is 10.1. The van der Waals surface area contributed by atoms with E-state index in [4.69, 9.17) is 18.5 Å². The summed E-state index contributed by atoms with van der Waals surface area (Å²) in [7, 11) is 1.13. The van der Waals surface area contributed by atoms with Gasteiger partial charge in [0.25, 0.3) is 7.82 Å². The number of phosphoric ester groups is 1. The molecule has 0 amide bonds. The summed E-state index contributed by atoms with van der Waals surface area (Å²) in [6, 6.07) is 0. The maximum Gasteiger partial charge on any atom is 0.306 e. The molecular formula is C50H88NO8P. The summed E-state index contributed by atoms with van der Waals surface area (Å²) in [6.07, 6.45) is 52.1. The van der Waals surface area contributed by atoms with Crippen LogP contribution in [0.15, 0.2) is 72.9 Å². The fourth-order valence-electron chi connectivity index (χ4n) is 6.03. The van der Waals surface area contributed by atoms with E-state index in [1.165, 1.54) is 57.8 Å². The highest BCUT2D eigenvalue weighted by molar-refractivity contribution is 7.45. The molecule has 0 heterocycles. The van der Waals surface area contributed by atoms with E-state index in [0.717, 1.165) is 89.9 Å². The van der Waals surface area contributed by atoms with Crippen molar-refractivity contribution < 1.29 is 42.1 Å². The van der Waals surface area contributed by atoms with Gasteiger partial charge in [-0.15, -0.1) is 0 Å². The summed E-state index contributed by atoms with van der Waals surface area (Å²) in [5.41, 5.74) is 0. The van der Waals surface area contributed by atoms with Gasteiger partial charge in [0.2, 0.25) is 0 Å². The lowest BCUT2D eigenvalue weighted by molar-refractivity contribution is -0.870. The lowest BCUT2D eigenvalue weighted by Gasteiger charge is -2.28. The minimum Gasteiger partial charge on any atom is -0.756 e. The molecule has 0 aromatic carbocycles. The van der Waals surface area contributed by atoms with Gasteiger partial charge in [0.05, 0.1) is 27.7 Å². The number of quaternary nitrogens is 1. The number of rotatable bonds is 42. The summed E-state index contributed by atoms with van der Waals surface area (Å²) in [5, 5.41) is 0. The van der Waals surface area contributed by atoms with Crippen LogP contribution in [0.25, 0.3) is 0 Å². The van der Waals surface area contributed by atoms with E-state index in [1.807, 2.05) is 21.1 Å². The highest BCUT2D eigenvalue weighted by atomic mass is 31.2. The maximum absolute atomic E-state index is 12.7. The molecule has 0 aliphatic heterocycles. The fraction of sp³-hybridized carbons (Fsp3) is 0.720. The number of esters is 2. The maximum atomic E-state index is 12.7. The number of likely N-dealkylation sites (N-methyl/N-ethyl adjacent to an activating group) is 1. The lowest BCUT2D eigenvalue weighted by Crippen LogP contribution is -2.37. The third kappa shape index (κ3) is 45.0. The number of hydrogen-bond donors (Lipinski definition) is 0. The molecule has 0 bridgehead atoms. The first-order chi connectivity index (χ1) is 29.0. The molecule has 0 radical (unpaired) electrons. The Morgan fingerprint density at radius 1 is 0.533 bits per heavy atom. The topological polar surface area (TPSA) is 111 Å². The van der Waals surface area contributed by atoms with Crippen molar-refractivity contribution in [2.75, 3.05) is 47.5 Å². The Morgan fingerprint density at radius 3 is 1.42 bits per heavy atom. The molecule has 60 heavy (non-hydrogen) atoms. The number of phosphoric acid groups is 1. The zero-order valence-electron chi connectivity index (χ0n) is 38.9. The Labute approximate surface area is 368 Å². The first kappa shape index (κ1) is 57.4. The van der Waals surface area contributed by atoms with Crippen LogP contribution in [0.2, 0.25) is 0 Å². The molecule has 346 valence electrons. The van der Waals surface area contributed by atoms with Gasteiger partial charge in [0, 0.05) is 12.8 Å². The van der Waals surface area contributed by atoms with Gasteiger partial charge in [-0.25, -0.2) is 0 Å². The predicted molar refractivity (Wildman–Crippen MR) is 249 cm³/mol. The molecule has 0 aromatic heterocycles. The van der Waals surface area contributed by atoms with Crippen LogP contribution < -0.4 is 4.89 Å². The molecular weight excluding hydrogens is 774 g/mol. The van der Waals surface area contributed by atoms with Gasteiger partial charge < -0.3 is 27.9 Å². The van der Waals surface area contributed by atoms with E-state index in [2.05, 4.69) is 86.8 Å². The number of carbonyl (C=O) groups is 2. The standard InChI is InChI=1S/C50H88NO8P/c1-6-8-10-12-14-16-18-20-22-24-25-27-28-30-32-34-36-38-40-42-49(52)56-46-48(47-58-60(54,55)57-45-44-51(3,4)5)59-50(53)43-41-39-37-35-33-31-29-26-23-21-19-17-15-13-11-9-7-2/h9,11,14-17,20-23,29,31,48H,6-8,10,12-13,18-19,24-28,30,32-47H2,1-5H3/b11-9-,16-14-,17-15-,22-20-,23-21-,31-29-/t48-/m1/s1. The van der Waals surface area contributed by atoms with Gasteiger partial charge in [-0.05, 0) is 83.5 Å². The Kier molecular flexibility index (Phi) is 40.0. The van der Waals surface area contributed by atoms with Crippen LogP contribution in [0.3, 0.4) is 0 Å². The van der Waals surface area contributed by atoms with Gasteiger partial charge in [-0.3, -0.25) is 14.2 Å². The molecule has 0 saturated heterocycles. The monoisotopic (exact) mass is 862 g/mol. The van der Waals surface area contributed by atoms with Gasteiger partial charge in [0.1, 0.15) is 19.8 Å². The van der Waals surface area contributed by atoms with E-state index in [1.54, 1.807) is 0 Å². The second kappa shape index (κ2) is 41.8. The van der Waals surface area contributed by atoms with E-state index in [0.29, 0.717) is 17.4 Å². The fourth-order valence-corrected chi connectivity index (χ4v) is 6.76. The molecule has 10 heteroatoms. The number of hydrogen-bond acceptors (Lipinski definition) is 8. The minimum absolute atomic E-state index is 0.0401. The van der Waals surface area contributed by atoms with Gasteiger partial charge in [-0.1, -0.05) is 157 Å². The van der Waals surface area contributed by atoms with Crippen LogP contribution in [-0.2, 0) is 32.7 Å². The SMILES string of the molecule is CC/C=C\C/C=C\C/C=C\C/C=C\CCCCCCC(=O)O[C@H](COC(=O)CCCCCCCCCCC/C=C\C/C=C\CCCCC)COP(=O)([O-])OCC[N+](C)(C)C. The molecule has 0 N–H and O–H groups in total. The average Bonchev–Trinajstić information content (AvgIpc) is 3.20. The van der Waals surface area contributed by atoms with Crippen molar-refractivity contribution in [2.24, 2.45) is 0 Å². The molecule has 0 aromatic rings. The quantitative estimate of drug-likeness (QED) is 0.0196. The van der Waals surface area contributed by atoms with E-state index < -0.39 is 32.5 Å². The summed E-state index contributed by atoms with van der Waals surface area (Å²) >= 11 is 0. The second-order valence-electron chi connectivity index (χ2n) is 16.7. The van der Waals surface area contributed by atoms with Gasteiger partial charge >= 0.3 is 11.9 Å². The third-order valence-corrected chi connectivity index (χ3v) is 10.7. The molecule has 1 unspecified atom stereocenters. The number of ether oxygens (including phenoxy) is 2. The van der Waals surface area contributed by atoms with Crippen LogP contribution >= 0.6 is 7.82 Å². The summed E-state index contributed by atoms with van der Waals surface area (Å²) in [5.74, 6) is -0.871. The van der Waals surface area contributed by atoms with Crippen molar-refractivity contribution in [3.8, 4) is 0 Å². The number of allylic oxidation sites excluding steroid dienone is 12. The normalized spacial score (nSPS) is 14.2. The van der Waals surface area contributed by atoms with Crippen LogP contribution in [0.4, 0.5) is 0 Å². The van der Waals surface area contributed by atoms with Crippen LogP contribution in [0.5, 0.6) is 0 Å². The van der Waals surface area contributed by atoms with E-state index in [9.17, 15) is 19.0 Å². The first-order valence-electron chi connectivity index (χ1n) is 23.6. The number of carbonyl (C=O) groups excluding carboxylic acids is 2. The zero-order chi connectivity index (χ0) is 44.3. The Bertz CT molecular complexity index is 1250. The van der Waals surface area contributed by atoms with Crippen molar-refractivity contribution >= 4 is 19.8 Å². The predicted octanol–water partition coefficient (Wildman–Crippen LogP) is 13.2. The Hall–Kier alpha value is -2.55. The van der Waals surface area contributed by atoms with Crippen molar-refractivity contribution in [3.05, 3.63) is 72.9 Å². The van der Waals surface area contributed by atoms with Crippen LogP contribution in [0.1, 0.15) is 181 Å². The summed E-state index contributed by atoms with van der Waals surface area (Å²) < 4.78 is 33.9. The van der Waals surface area contributed by atoms with Crippen molar-refractivity contribution in [3.63, 3.8) is 0 Å². The zero-order valence-corrected chi connectivity index (χ0v) is 39.8. The van der Waals surface area contributed by atoms with Crippen molar-refractivity contribution in [1.82, 2.24) is 0 Å². The third-order valence-electron chi connectivity index (χ3n) is 9.71. The minimum atomic E-state index is -4.64. The highest BCUT2D eigenvalue weighted by Crippen LogP contribution is 2.38. The molecule has 2 atom stereocenters. The van der Waals surface area contributed by atoms with Crippen LogP contribution in [-0.4, -0.2) is 70.0 Å². The first-order valence-corrected chi connectivity index (χ1v) is 25.1. The second-order valence-corrected chi connectivity index (χ2v) is 18.1.